The molecule has 0 atom stereocenters. The van der Waals surface area contributed by atoms with Gasteiger partial charge in [0.2, 0.25) is 5.91 Å². The summed E-state index contributed by atoms with van der Waals surface area (Å²) >= 11 is 0. The number of allylic oxidation sites excluding steroid dienone is 1. The van der Waals surface area contributed by atoms with E-state index in [1.54, 1.807) is 6.07 Å². The Balaban J connectivity index is 1.07. The molecule has 0 bridgehead atoms. The van der Waals surface area contributed by atoms with Crippen LogP contribution < -0.4 is 11.0 Å². The number of carbonyl (C=O) groups is 2. The largest absolute Gasteiger partial charge is 0.326 e. The highest BCUT2D eigenvalue weighted by Crippen LogP contribution is 2.35. The normalized spacial score (nSPS) is 15.2. The number of nitrogens with zero attached hydrogens (tertiary/aromatic N) is 3. The number of benzene rings is 3. The van der Waals surface area contributed by atoms with E-state index in [0.717, 1.165) is 71.6 Å². The molecule has 0 unspecified atom stereocenters. The van der Waals surface area contributed by atoms with Crippen LogP contribution in [0.25, 0.3) is 39.5 Å². The molecular weight excluding hydrogens is 562 g/mol. The van der Waals surface area contributed by atoms with E-state index in [1.807, 2.05) is 53.1 Å². The molecule has 0 saturated carbocycles. The average Bonchev–Trinajstić information content (AvgIpc) is 3.40. The van der Waals surface area contributed by atoms with Crippen molar-refractivity contribution < 1.29 is 9.59 Å². The van der Waals surface area contributed by atoms with Crippen molar-refractivity contribution in [3.63, 3.8) is 0 Å². The fourth-order valence-corrected chi connectivity index (χ4v) is 6.44. The first-order chi connectivity index (χ1) is 22.0. The number of rotatable bonds is 7. The summed E-state index contributed by atoms with van der Waals surface area (Å²) < 4.78 is 1.84. The molecule has 1 saturated heterocycles. The number of amides is 1. The number of hydrogen-bond donors (Lipinski definition) is 2. The first-order valence-electron chi connectivity index (χ1n) is 15.3. The maximum atomic E-state index is 12.9. The number of ketones is 1. The number of pyridine rings is 1. The van der Waals surface area contributed by atoms with Crippen LogP contribution in [0, 0.1) is 0 Å². The lowest BCUT2D eigenvalue weighted by molar-refractivity contribution is -0.111. The van der Waals surface area contributed by atoms with Gasteiger partial charge in [-0.3, -0.25) is 19.1 Å². The second kappa shape index (κ2) is 12.0. The van der Waals surface area contributed by atoms with Crippen LogP contribution in [-0.2, 0) is 11.3 Å². The topological polar surface area (TPSA) is 100 Å². The van der Waals surface area contributed by atoms with E-state index in [2.05, 4.69) is 58.2 Å². The second-order valence-corrected chi connectivity index (χ2v) is 11.6. The Kier molecular flexibility index (Phi) is 7.57. The summed E-state index contributed by atoms with van der Waals surface area (Å²) in [5, 5.41) is 2.78. The van der Waals surface area contributed by atoms with E-state index in [-0.39, 0.29) is 23.4 Å². The summed E-state index contributed by atoms with van der Waals surface area (Å²) in [6.45, 7) is 6.05. The molecule has 2 aromatic heterocycles. The number of imidazole rings is 1. The molecule has 3 aromatic carbocycles. The van der Waals surface area contributed by atoms with Crippen molar-refractivity contribution in [3.05, 3.63) is 125 Å². The molecule has 1 amide bonds. The highest BCUT2D eigenvalue weighted by atomic mass is 16.2. The Morgan fingerprint density at radius 3 is 2.49 bits per heavy atom. The molecule has 1 fully saturated rings. The third kappa shape index (κ3) is 5.68. The van der Waals surface area contributed by atoms with Crippen molar-refractivity contribution in [2.24, 2.45) is 0 Å². The summed E-state index contributed by atoms with van der Waals surface area (Å²) in [5.74, 6) is -0.191. The molecule has 7 rings (SSSR count). The lowest BCUT2D eigenvalue weighted by atomic mass is 9.92. The van der Waals surface area contributed by atoms with Crippen molar-refractivity contribution in [2.75, 3.05) is 18.4 Å². The molecule has 5 aromatic rings. The molecular formula is C37H33N5O3. The Morgan fingerprint density at radius 2 is 1.73 bits per heavy atom. The zero-order chi connectivity index (χ0) is 30.9. The molecule has 3 heterocycles. The van der Waals surface area contributed by atoms with E-state index in [4.69, 9.17) is 4.98 Å². The number of aromatic amines is 1. The van der Waals surface area contributed by atoms with Crippen LogP contribution in [0.3, 0.4) is 0 Å². The van der Waals surface area contributed by atoms with Crippen LogP contribution in [0.2, 0.25) is 0 Å². The zero-order valence-corrected chi connectivity index (χ0v) is 24.8. The van der Waals surface area contributed by atoms with Crippen LogP contribution in [0.15, 0.2) is 102 Å². The van der Waals surface area contributed by atoms with Gasteiger partial charge in [-0.25, -0.2) is 9.78 Å². The number of carbonyl (C=O) groups excluding carboxylic acids is 2. The average molecular weight is 596 g/mol. The molecule has 2 N–H and O–H groups in total. The molecule has 2 aliphatic rings. The number of anilines is 1. The van der Waals surface area contributed by atoms with Gasteiger partial charge in [-0.15, -0.1) is 0 Å². The van der Waals surface area contributed by atoms with Gasteiger partial charge in [0, 0.05) is 54.5 Å². The van der Waals surface area contributed by atoms with Crippen LogP contribution in [0.5, 0.6) is 0 Å². The number of hydrogen-bond acceptors (Lipinski definition) is 5. The first kappa shape index (κ1) is 28.4. The highest BCUT2D eigenvalue weighted by molar-refractivity contribution is 6.04. The van der Waals surface area contributed by atoms with Gasteiger partial charge in [-0.1, -0.05) is 67.3 Å². The predicted octanol–water partition coefficient (Wildman–Crippen LogP) is 6.62. The van der Waals surface area contributed by atoms with Crippen LogP contribution >= 0.6 is 0 Å². The standard InChI is InChI=1S/C37H33N5O3/c1-2-35(44)38-27-15-16-32-33(21-27)42(37(45)40-32)28-17-19-41(20-18-28)23-24-11-13-26(14-12-24)36-29(25-7-4-3-5-8-25)22-30-31(39-36)9-6-10-34(30)43/h2-9,11-16,21-22,28H,1,10,17-20,23H2,(H,38,44)(H,40,45). The predicted molar refractivity (Wildman–Crippen MR) is 178 cm³/mol. The fourth-order valence-electron chi connectivity index (χ4n) is 6.44. The summed E-state index contributed by atoms with van der Waals surface area (Å²) in [6.07, 6.45) is 7.15. The number of aromatic nitrogens is 3. The Hall–Kier alpha value is -5.34. The van der Waals surface area contributed by atoms with Crippen molar-refractivity contribution in [2.45, 2.75) is 31.8 Å². The van der Waals surface area contributed by atoms with Gasteiger partial charge in [0.25, 0.3) is 0 Å². The monoisotopic (exact) mass is 595 g/mol. The number of H-pyrrole nitrogens is 1. The van der Waals surface area contributed by atoms with E-state index in [9.17, 15) is 14.4 Å². The lowest BCUT2D eigenvalue weighted by Gasteiger charge is -2.32. The molecule has 224 valence electrons. The molecule has 8 heteroatoms. The highest BCUT2D eigenvalue weighted by Gasteiger charge is 2.24. The molecule has 8 nitrogen and oxygen atoms in total. The first-order valence-corrected chi connectivity index (χ1v) is 15.3. The molecule has 0 spiro atoms. The zero-order valence-electron chi connectivity index (χ0n) is 24.8. The maximum absolute atomic E-state index is 12.9. The van der Waals surface area contributed by atoms with Gasteiger partial charge in [0.1, 0.15) is 0 Å². The van der Waals surface area contributed by atoms with Gasteiger partial charge < -0.3 is 10.3 Å². The van der Waals surface area contributed by atoms with Crippen LogP contribution in [0.4, 0.5) is 5.69 Å². The van der Waals surface area contributed by atoms with E-state index in [1.165, 1.54) is 11.6 Å². The number of nitrogens with one attached hydrogen (secondary N) is 2. The van der Waals surface area contributed by atoms with Gasteiger partial charge in [0.15, 0.2) is 5.78 Å². The SMILES string of the molecule is C=CC(=O)Nc1ccc2[nH]c(=O)n(C3CCN(Cc4ccc(-c5nc6c(cc5-c5ccccc5)C(=O)CC=C6)cc4)CC3)c2c1. The van der Waals surface area contributed by atoms with Crippen molar-refractivity contribution in [1.82, 2.24) is 19.4 Å². The molecule has 0 radical (unpaired) electrons. The summed E-state index contributed by atoms with van der Waals surface area (Å²) in [6, 6.07) is 26.2. The summed E-state index contributed by atoms with van der Waals surface area (Å²) in [4.78, 5) is 47.7. The van der Waals surface area contributed by atoms with Gasteiger partial charge in [-0.05, 0) is 60.4 Å². The number of likely N-dealkylation sites (tertiary alicyclic amines) is 1. The smallest absolute Gasteiger partial charge is 0.322 e. The minimum Gasteiger partial charge on any atom is -0.322 e. The van der Waals surface area contributed by atoms with Gasteiger partial charge >= 0.3 is 5.69 Å². The van der Waals surface area contributed by atoms with Gasteiger partial charge in [-0.2, -0.15) is 0 Å². The summed E-state index contributed by atoms with van der Waals surface area (Å²) in [5.41, 5.74) is 8.51. The maximum Gasteiger partial charge on any atom is 0.326 e. The minimum atomic E-state index is -0.288. The molecule has 45 heavy (non-hydrogen) atoms. The van der Waals surface area contributed by atoms with Crippen molar-refractivity contribution in [3.8, 4) is 22.4 Å². The second-order valence-electron chi connectivity index (χ2n) is 11.6. The fraction of sp³-hybridized carbons (Fsp3) is 0.189. The third-order valence-corrected chi connectivity index (χ3v) is 8.74. The van der Waals surface area contributed by atoms with E-state index < -0.39 is 0 Å². The minimum absolute atomic E-state index is 0.0719. The van der Waals surface area contributed by atoms with E-state index in [0.29, 0.717) is 17.7 Å². The van der Waals surface area contributed by atoms with Crippen LogP contribution in [0.1, 0.15) is 46.9 Å². The van der Waals surface area contributed by atoms with Crippen molar-refractivity contribution in [1.29, 1.82) is 0 Å². The Labute approximate surface area is 260 Å². The van der Waals surface area contributed by atoms with Crippen LogP contribution in [-0.4, -0.2) is 44.2 Å². The molecule has 1 aliphatic carbocycles. The number of Topliss-reactive ketones (excluding diaryl/α,β-unsaturated/α-hetero) is 1. The molecule has 1 aliphatic heterocycles. The quantitative estimate of drug-likeness (QED) is 0.206. The Morgan fingerprint density at radius 1 is 0.956 bits per heavy atom. The lowest BCUT2D eigenvalue weighted by Crippen LogP contribution is -2.36. The van der Waals surface area contributed by atoms with Gasteiger partial charge in [0.05, 0.1) is 22.4 Å². The summed E-state index contributed by atoms with van der Waals surface area (Å²) in [7, 11) is 0. The third-order valence-electron chi connectivity index (χ3n) is 8.74. The van der Waals surface area contributed by atoms with E-state index >= 15 is 0 Å². The number of fused-ring (bicyclic) bond motifs is 2. The Bertz CT molecular complexity index is 2010. The number of piperidine rings is 1. The van der Waals surface area contributed by atoms with Crippen molar-refractivity contribution >= 4 is 34.5 Å².